The van der Waals surface area contributed by atoms with E-state index < -0.39 is 0 Å². The van der Waals surface area contributed by atoms with Crippen LogP contribution in [0, 0.1) is 0 Å². The molecule has 0 unspecified atom stereocenters. The summed E-state index contributed by atoms with van der Waals surface area (Å²) in [4.78, 5) is 0. The Morgan fingerprint density at radius 2 is 0.333 bits per heavy atom. The molecule has 0 aromatic rings. The van der Waals surface area contributed by atoms with Gasteiger partial charge in [0.25, 0.3) is 0 Å². The fraction of sp³-hybridized carbons (Fsp3) is 1.00. The highest BCUT2D eigenvalue weighted by Crippen LogP contribution is 2.17. The molecular weight excluding hydrogens is 540 g/mol. The highest BCUT2D eigenvalue weighted by Gasteiger charge is 1.97. The SMILES string of the molecule is OCCCCCCCCCCCCCCCCCCCCCCCCCCCCCCCCCCCCCBr. The Morgan fingerprint density at radius 3 is 0.462 bits per heavy atom. The van der Waals surface area contributed by atoms with Gasteiger partial charge in [-0.2, -0.15) is 0 Å². The van der Waals surface area contributed by atoms with Crippen LogP contribution in [0.1, 0.15) is 225 Å². The zero-order chi connectivity index (χ0) is 28.2. The van der Waals surface area contributed by atoms with Gasteiger partial charge >= 0.3 is 0 Å². The first kappa shape index (κ1) is 39.4. The van der Waals surface area contributed by atoms with Crippen molar-refractivity contribution >= 4 is 15.9 Å². The van der Waals surface area contributed by atoms with Crippen molar-refractivity contribution in [3.8, 4) is 0 Å². The molecule has 1 N–H and O–H groups in total. The molecule has 0 aliphatic carbocycles. The maximum Gasteiger partial charge on any atom is 0.0431 e. The Labute approximate surface area is 257 Å². The first-order chi connectivity index (χ1) is 19.4. The van der Waals surface area contributed by atoms with Crippen LogP contribution in [0.5, 0.6) is 0 Å². The van der Waals surface area contributed by atoms with Gasteiger partial charge in [-0.1, -0.05) is 228 Å². The highest BCUT2D eigenvalue weighted by molar-refractivity contribution is 9.09. The minimum atomic E-state index is 0.374. The summed E-state index contributed by atoms with van der Waals surface area (Å²) in [5.74, 6) is 0. The molecule has 0 amide bonds. The predicted octanol–water partition coefficient (Wildman–Crippen LogP) is 14.0. The minimum absolute atomic E-state index is 0.374. The van der Waals surface area contributed by atoms with Crippen LogP contribution in [0.2, 0.25) is 0 Å². The predicted molar refractivity (Wildman–Crippen MR) is 182 cm³/mol. The van der Waals surface area contributed by atoms with Crippen molar-refractivity contribution in [1.29, 1.82) is 0 Å². The van der Waals surface area contributed by atoms with Crippen LogP contribution in [0.4, 0.5) is 0 Å². The molecule has 0 radical (unpaired) electrons. The van der Waals surface area contributed by atoms with Crippen LogP contribution in [0.25, 0.3) is 0 Å². The zero-order valence-corrected chi connectivity index (χ0v) is 28.6. The van der Waals surface area contributed by atoms with E-state index in [1.54, 1.807) is 0 Å². The molecule has 0 rings (SSSR count). The van der Waals surface area contributed by atoms with Crippen LogP contribution in [0.3, 0.4) is 0 Å². The van der Waals surface area contributed by atoms with Crippen LogP contribution < -0.4 is 0 Å². The molecule has 0 saturated carbocycles. The Balaban J connectivity index is 3.01. The number of rotatable bonds is 36. The number of halogens is 1. The van der Waals surface area contributed by atoms with E-state index in [4.69, 9.17) is 5.11 Å². The molecule has 0 aromatic heterocycles. The van der Waals surface area contributed by atoms with Crippen molar-refractivity contribution in [1.82, 2.24) is 0 Å². The molecule has 236 valence electrons. The third kappa shape index (κ3) is 38.4. The van der Waals surface area contributed by atoms with Crippen molar-refractivity contribution in [2.24, 2.45) is 0 Å². The lowest BCUT2D eigenvalue weighted by Crippen LogP contribution is -1.85. The molecule has 0 spiro atoms. The smallest absolute Gasteiger partial charge is 0.0431 e. The summed E-state index contributed by atoms with van der Waals surface area (Å²) in [5, 5.41) is 9.97. The van der Waals surface area contributed by atoms with Crippen molar-refractivity contribution in [3.05, 3.63) is 0 Å². The first-order valence-electron chi connectivity index (χ1n) is 18.6. The van der Waals surface area contributed by atoms with E-state index in [-0.39, 0.29) is 0 Å². The average Bonchev–Trinajstić information content (AvgIpc) is 2.95. The first-order valence-corrected chi connectivity index (χ1v) is 19.7. The second-order valence-corrected chi connectivity index (χ2v) is 13.6. The van der Waals surface area contributed by atoms with Gasteiger partial charge in [0.05, 0.1) is 0 Å². The standard InChI is InChI=1S/C37H75BrO/c38-36-34-32-30-28-26-24-22-20-18-16-14-12-10-8-6-4-2-1-3-5-7-9-11-13-15-17-19-21-23-25-27-29-31-33-35-37-39/h39H,1-37H2. The van der Waals surface area contributed by atoms with Gasteiger partial charge in [0.15, 0.2) is 0 Å². The van der Waals surface area contributed by atoms with Crippen molar-refractivity contribution in [2.45, 2.75) is 225 Å². The third-order valence-electron chi connectivity index (χ3n) is 8.79. The number of hydrogen-bond donors (Lipinski definition) is 1. The average molecular weight is 616 g/mol. The maximum absolute atomic E-state index is 8.79. The van der Waals surface area contributed by atoms with E-state index in [0.717, 1.165) is 6.42 Å². The molecule has 0 aliphatic rings. The van der Waals surface area contributed by atoms with E-state index in [2.05, 4.69) is 15.9 Å². The summed E-state index contributed by atoms with van der Waals surface area (Å²) in [6.45, 7) is 0.374. The van der Waals surface area contributed by atoms with Gasteiger partial charge in [-0.3, -0.25) is 0 Å². The van der Waals surface area contributed by atoms with Gasteiger partial charge in [0.2, 0.25) is 0 Å². The van der Waals surface area contributed by atoms with Crippen LogP contribution in [0.15, 0.2) is 0 Å². The van der Waals surface area contributed by atoms with Gasteiger partial charge in [-0.05, 0) is 12.8 Å². The van der Waals surface area contributed by atoms with E-state index in [9.17, 15) is 0 Å². The topological polar surface area (TPSA) is 20.2 Å². The summed E-state index contributed by atoms with van der Waals surface area (Å²) in [6, 6.07) is 0. The number of unbranched alkanes of at least 4 members (excludes halogenated alkanes) is 34. The fourth-order valence-corrected chi connectivity index (χ4v) is 6.44. The molecule has 1 nitrogen and oxygen atoms in total. The summed E-state index contributed by atoms with van der Waals surface area (Å²) in [5.41, 5.74) is 0. The van der Waals surface area contributed by atoms with E-state index in [1.807, 2.05) is 0 Å². The minimum Gasteiger partial charge on any atom is -0.396 e. The summed E-state index contributed by atoms with van der Waals surface area (Å²) < 4.78 is 0. The van der Waals surface area contributed by atoms with Gasteiger partial charge in [0, 0.05) is 11.9 Å². The molecule has 0 bridgehead atoms. The summed E-state index contributed by atoms with van der Waals surface area (Å²) >= 11 is 3.52. The lowest BCUT2D eigenvalue weighted by molar-refractivity contribution is 0.282. The number of aliphatic hydroxyl groups excluding tert-OH is 1. The molecule has 0 aliphatic heterocycles. The quantitative estimate of drug-likeness (QED) is 0.0549. The van der Waals surface area contributed by atoms with Crippen LogP contribution in [-0.2, 0) is 0 Å². The molecule has 0 saturated heterocycles. The van der Waals surface area contributed by atoms with Gasteiger partial charge in [0.1, 0.15) is 0 Å². The molecule has 0 fully saturated rings. The maximum atomic E-state index is 8.79. The Hall–Kier alpha value is 0.440. The second kappa shape index (κ2) is 38.4. The molecule has 0 atom stereocenters. The molecular formula is C37H75BrO. The fourth-order valence-electron chi connectivity index (χ4n) is 6.04. The molecule has 0 aromatic carbocycles. The lowest BCUT2D eigenvalue weighted by atomic mass is 10.0. The zero-order valence-electron chi connectivity index (χ0n) is 27.0. The lowest BCUT2D eigenvalue weighted by Gasteiger charge is -2.05. The van der Waals surface area contributed by atoms with Crippen molar-refractivity contribution in [3.63, 3.8) is 0 Å². The second-order valence-electron chi connectivity index (χ2n) is 12.8. The van der Waals surface area contributed by atoms with E-state index in [1.165, 1.54) is 224 Å². The van der Waals surface area contributed by atoms with E-state index >= 15 is 0 Å². The number of alkyl halides is 1. The largest absolute Gasteiger partial charge is 0.396 e. The van der Waals surface area contributed by atoms with Crippen LogP contribution >= 0.6 is 15.9 Å². The van der Waals surface area contributed by atoms with Gasteiger partial charge in [-0.15, -0.1) is 0 Å². The third-order valence-corrected chi connectivity index (χ3v) is 9.35. The Bertz CT molecular complexity index is 363. The normalized spacial score (nSPS) is 11.5. The number of hydrogen-bond acceptors (Lipinski definition) is 1. The summed E-state index contributed by atoms with van der Waals surface area (Å²) in [6.07, 6.45) is 50.4. The highest BCUT2D eigenvalue weighted by atomic mass is 79.9. The molecule has 0 heterocycles. The molecule has 2 heteroatoms. The van der Waals surface area contributed by atoms with Gasteiger partial charge < -0.3 is 5.11 Å². The summed E-state index contributed by atoms with van der Waals surface area (Å²) in [7, 11) is 0. The van der Waals surface area contributed by atoms with Crippen molar-refractivity contribution < 1.29 is 5.11 Å². The van der Waals surface area contributed by atoms with Crippen LogP contribution in [-0.4, -0.2) is 17.0 Å². The monoisotopic (exact) mass is 615 g/mol. The van der Waals surface area contributed by atoms with Gasteiger partial charge in [-0.25, -0.2) is 0 Å². The number of aliphatic hydroxyl groups is 1. The van der Waals surface area contributed by atoms with Crippen molar-refractivity contribution in [2.75, 3.05) is 11.9 Å². The van der Waals surface area contributed by atoms with E-state index in [0.29, 0.717) is 6.61 Å². The Morgan fingerprint density at radius 1 is 0.205 bits per heavy atom. The Kier molecular flexibility index (Phi) is 38.9. The molecule has 39 heavy (non-hydrogen) atoms.